The van der Waals surface area contributed by atoms with Crippen LogP contribution in [0.1, 0.15) is 334 Å². The Hall–Kier alpha value is -4.83. The Morgan fingerprint density at radius 1 is 0.393 bits per heavy atom. The zero-order valence-corrected chi connectivity index (χ0v) is 92.4. The van der Waals surface area contributed by atoms with Crippen LogP contribution < -0.4 is 10.6 Å². The third kappa shape index (κ3) is 31.4. The van der Waals surface area contributed by atoms with E-state index in [0.29, 0.717) is 72.6 Å². The third-order valence-electron chi connectivity index (χ3n) is 34.4. The number of aromatic nitrogens is 2. The number of amides is 2. The number of alkyl halides is 2. The van der Waals surface area contributed by atoms with Crippen LogP contribution >= 0.6 is 67.1 Å². The van der Waals surface area contributed by atoms with Crippen molar-refractivity contribution < 1.29 is 42.2 Å². The summed E-state index contributed by atoms with van der Waals surface area (Å²) in [6.45, 7) is 22.8. The number of methoxy groups -OCH3 is 2. The zero-order valence-electron chi connectivity index (χ0n) is 83.9. The van der Waals surface area contributed by atoms with Crippen molar-refractivity contribution in [1.29, 1.82) is 0 Å². The van der Waals surface area contributed by atoms with Gasteiger partial charge in [-0.3, -0.25) is 19.2 Å². The quantitative estimate of drug-likeness (QED) is 0.0174. The van der Waals surface area contributed by atoms with Gasteiger partial charge < -0.3 is 29.2 Å². The van der Waals surface area contributed by atoms with Gasteiger partial charge >= 0.3 is 85.3 Å². The summed E-state index contributed by atoms with van der Waals surface area (Å²) in [5, 5.41) is 11.7. The average Bonchev–Trinajstić information content (AvgIpc) is 1.61. The molecule has 0 radical (unpaired) electrons. The second-order valence-electron chi connectivity index (χ2n) is 45.2. The van der Waals surface area contributed by atoms with Gasteiger partial charge in [0.25, 0.3) is 0 Å². The Kier molecular flexibility index (Phi) is 47.3. The minimum atomic E-state index is -1.61. The summed E-state index contributed by atoms with van der Waals surface area (Å²) in [7, 11) is 14.0. The van der Waals surface area contributed by atoms with Gasteiger partial charge in [-0.05, 0) is 327 Å². The molecule has 10 fully saturated rings. The molecule has 2 amide bonds. The van der Waals surface area contributed by atoms with Crippen molar-refractivity contribution in [2.45, 2.75) is 384 Å². The molecule has 7 aromatic rings. The summed E-state index contributed by atoms with van der Waals surface area (Å²) in [5.74, 6) is 6.33. The molecular formula is C123H184Br2Cl2N4O6P2Ru+2. The molecule has 14 unspecified atom stereocenters. The number of nitrogens with one attached hydrogen (secondary N) is 2. The summed E-state index contributed by atoms with van der Waals surface area (Å²) in [6, 6.07) is 45.1. The monoisotopic (exact) mass is 2210 g/mol. The van der Waals surface area contributed by atoms with Gasteiger partial charge in [-0.1, -0.05) is 249 Å². The number of para-hydroxylation sites is 4. The van der Waals surface area contributed by atoms with E-state index in [2.05, 4.69) is 210 Å². The molecule has 2 heterocycles. The summed E-state index contributed by atoms with van der Waals surface area (Å²) in [4.78, 5) is 49.8. The summed E-state index contributed by atoms with van der Waals surface area (Å²) >= 11 is 5.25. The van der Waals surface area contributed by atoms with Crippen molar-refractivity contribution in [2.75, 3.05) is 27.3 Å². The number of halogens is 4. The molecule has 0 spiro atoms. The van der Waals surface area contributed by atoms with E-state index in [0.717, 1.165) is 62.1 Å². The van der Waals surface area contributed by atoms with E-state index >= 15 is 0 Å². The summed E-state index contributed by atoms with van der Waals surface area (Å²) in [6.07, 6.45) is 76.5. The molecule has 2 aromatic heterocycles. The first-order chi connectivity index (χ1) is 65.7. The van der Waals surface area contributed by atoms with Crippen LogP contribution in [0.25, 0.3) is 43.6 Å². The molecule has 17 heteroatoms. The number of nitrogens with zero attached hydrogens (tertiary/aromatic N) is 2. The van der Waals surface area contributed by atoms with Crippen LogP contribution in [-0.4, -0.2) is 107 Å². The summed E-state index contributed by atoms with van der Waals surface area (Å²) in [5.41, 5.74) is 12.5. The van der Waals surface area contributed by atoms with E-state index in [4.69, 9.17) is 28.9 Å². The molecule has 10 saturated carbocycles. The Bertz CT molecular complexity index is 4890. The Morgan fingerprint density at radius 2 is 0.714 bits per heavy atom. The maximum absolute atomic E-state index is 13.3. The van der Waals surface area contributed by atoms with Crippen molar-refractivity contribution in [2.24, 2.45) is 81.8 Å². The van der Waals surface area contributed by atoms with Crippen LogP contribution in [0.5, 0.6) is 0 Å². The topological polar surface area (TPSA) is 121 Å². The molecule has 4 bridgehead atoms. The van der Waals surface area contributed by atoms with E-state index in [9.17, 15) is 19.2 Å². The van der Waals surface area contributed by atoms with Crippen LogP contribution in [0.2, 0.25) is 0 Å². The Morgan fingerprint density at radius 3 is 1.04 bits per heavy atom. The fourth-order valence-electron chi connectivity index (χ4n) is 27.7. The van der Waals surface area contributed by atoms with Gasteiger partial charge in [0.1, 0.15) is 8.65 Å². The van der Waals surface area contributed by atoms with Gasteiger partial charge in [0.15, 0.2) is 0 Å². The number of ether oxygens (including phenoxy) is 2. The SMILES string of the molecule is C.C.C.C.C1=CC2CC1CC2Cn1c2ccccc2c2ccccc21.C1CCC([PH+](C2CCCCC2)C2CCCCC2)CC1.C1CCC([PH+](C2CCCCC2)C2CCCCC2)CC1.C=CC1CC(/C=C\C2CC(C=C)C(Cn3c4ccccc4c4ccccc43)C2)C(CNC(=O)C(C)(C)CC(C)(Br)C(=O)OC)C1.COC(=O)C(C)(Br)CC(C)(C)C(=O)NCC1CC2C=CC1C2.[Cl][Ru]([Cl])=[CH]c1ccccc1. The minimum absolute atomic E-state index is 0. The van der Waals surface area contributed by atoms with Crippen molar-refractivity contribution in [1.82, 2.24) is 19.8 Å². The number of carbonyl (C=O) groups excluding carboxylic acids is 4. The van der Waals surface area contributed by atoms with E-state index in [1.165, 1.54) is 124 Å². The molecule has 776 valence electrons. The van der Waals surface area contributed by atoms with Gasteiger partial charge in [-0.15, -0.1) is 13.2 Å². The first kappa shape index (κ1) is 117. The van der Waals surface area contributed by atoms with E-state index in [1.54, 1.807) is 206 Å². The van der Waals surface area contributed by atoms with Gasteiger partial charge in [-0.2, -0.15) is 0 Å². The number of allylic oxidation sites excluding steroid dienone is 8. The molecular weight excluding hydrogens is 2020 g/mol. The first-order valence-corrected chi connectivity index (χ1v) is 64.2. The molecule has 0 saturated heterocycles. The van der Waals surface area contributed by atoms with Crippen LogP contribution in [-0.2, 0) is 55.3 Å². The molecule has 2 N–H and O–H groups in total. The molecule has 140 heavy (non-hydrogen) atoms. The predicted octanol–water partition coefficient (Wildman–Crippen LogP) is 34.6. The first-order valence-electron chi connectivity index (χ1n) is 53.7. The molecule has 10 nitrogen and oxygen atoms in total. The molecule has 19 rings (SSSR count). The van der Waals surface area contributed by atoms with Crippen molar-refractivity contribution in [3.63, 3.8) is 0 Å². The fourth-order valence-corrected chi connectivity index (χ4v) is 41.7. The number of fused-ring (bicyclic) bond motifs is 10. The van der Waals surface area contributed by atoms with E-state index < -0.39 is 33.0 Å². The van der Waals surface area contributed by atoms with Gasteiger partial charge in [0.2, 0.25) is 11.8 Å². The Balaban J connectivity index is 0.000000182. The van der Waals surface area contributed by atoms with Crippen molar-refractivity contribution >= 4 is 139 Å². The molecule has 14 atom stereocenters. The van der Waals surface area contributed by atoms with Crippen molar-refractivity contribution in [3.8, 4) is 0 Å². The van der Waals surface area contributed by atoms with E-state index in [-0.39, 0.29) is 69.3 Å². The summed E-state index contributed by atoms with van der Waals surface area (Å²) < 4.78 is 15.0. The second kappa shape index (κ2) is 56.5. The predicted molar refractivity (Wildman–Crippen MR) is 615 cm³/mol. The standard InChI is InChI=1S/C39H49BrN2O3.C20H19N.2C18H33P.C17H26BrNO3.C7H6.4CH4.2ClH.Ru/c1-7-26-19-29(30(20-26)23-41-36(43)38(3,4)25-39(5,40)37(44)45-6)18-17-27-21-28(8-2)31(22-27)24-42-34-15-11-9-13-32(34)33-14-10-12-16-35(33)42;1-3-7-19-17(5-1)18-6-2-4-8-20(18)21(19)13-16-12-14-9-10-15(16)11-14;2*1-4-10-16(11-5-1)19(17-12-6-2-7-13-17)18-14-8-3-9-15-18;1-16(2,10-17(3,18)15(21)22-4)14(20)19-9-13-8-11-5-6-12(13)7-11;1-7-5-3-2-4-6-7;;;;;;;/h7-18,26-31H,1-2,19-25H2,3-6H3,(H,41,43);1-10,14-16H,11-13H2;2*16-18H,1-15H2;5-6,11-13H,7-10H2,1-4H3,(H,19,20);1-6H;4*1H4;2*1H;/q;;;;;;;;;;;;+2/b18-17-;;;;;;;;;;;;. The fraction of sp³-hybridized carbons (Fsp3) is 0.634. The Labute approximate surface area is 881 Å². The van der Waals surface area contributed by atoms with E-state index in [1.807, 2.05) is 62.6 Å². The average molecular weight is 2210 g/mol. The number of rotatable bonds is 27. The van der Waals surface area contributed by atoms with Crippen LogP contribution in [0, 0.1) is 81.8 Å². The normalized spacial score (nSPS) is 25.9. The number of hydrogen-bond acceptors (Lipinski definition) is 6. The second-order valence-corrected chi connectivity index (χ2v) is 61.3. The van der Waals surface area contributed by atoms with Crippen molar-refractivity contribution in [3.05, 3.63) is 195 Å². The molecule has 12 aliphatic rings. The number of hydrogen-bond donors (Lipinski definition) is 2. The van der Waals surface area contributed by atoms with Gasteiger partial charge in [-0.25, -0.2) is 0 Å². The van der Waals surface area contributed by atoms with Gasteiger partial charge in [0.05, 0.1) is 48.2 Å². The maximum atomic E-state index is 13.3. The van der Waals surface area contributed by atoms with Crippen LogP contribution in [0.3, 0.4) is 0 Å². The molecule has 5 aromatic carbocycles. The third-order valence-corrected chi connectivity index (χ3v) is 46.6. The van der Waals surface area contributed by atoms with Crippen LogP contribution in [0.4, 0.5) is 0 Å². The number of carbonyl (C=O) groups is 4. The van der Waals surface area contributed by atoms with Gasteiger partial charge in [0, 0.05) is 96.5 Å². The van der Waals surface area contributed by atoms with Crippen LogP contribution in [0.15, 0.2) is 189 Å². The molecule has 0 aliphatic heterocycles. The number of benzene rings is 5. The zero-order chi connectivity index (χ0) is 95.9. The molecule has 12 aliphatic carbocycles. The number of esters is 2.